The number of amides is 1. The Balaban J connectivity index is 1.45. The molecule has 4 rings (SSSR count). The van der Waals surface area contributed by atoms with E-state index >= 15 is 0 Å². The molecule has 0 radical (unpaired) electrons. The molecule has 3 heterocycles. The van der Waals surface area contributed by atoms with Crippen LogP contribution in [0.5, 0.6) is 5.75 Å². The molecular weight excluding hydrogens is 316 g/mol. The van der Waals surface area contributed by atoms with Crippen molar-refractivity contribution in [1.82, 2.24) is 15.1 Å². The molecule has 1 aromatic heterocycles. The van der Waals surface area contributed by atoms with Crippen LogP contribution in [0.25, 0.3) is 0 Å². The Hall–Kier alpha value is -2.63. The van der Waals surface area contributed by atoms with E-state index in [-0.39, 0.29) is 5.91 Å². The first-order valence-corrected chi connectivity index (χ1v) is 8.81. The number of ether oxygens (including phenoxy) is 1. The molecule has 1 saturated heterocycles. The monoisotopic (exact) mass is 338 g/mol. The van der Waals surface area contributed by atoms with Crippen LogP contribution in [0.1, 0.15) is 28.0 Å². The maximum absolute atomic E-state index is 12.9. The fourth-order valence-corrected chi connectivity index (χ4v) is 3.41. The van der Waals surface area contributed by atoms with E-state index in [0.717, 1.165) is 60.9 Å². The van der Waals surface area contributed by atoms with Gasteiger partial charge in [0.2, 0.25) is 0 Å². The van der Waals surface area contributed by atoms with Crippen molar-refractivity contribution in [3.63, 3.8) is 0 Å². The molecule has 2 aliphatic heterocycles. The van der Waals surface area contributed by atoms with Crippen molar-refractivity contribution in [3.05, 3.63) is 47.2 Å². The van der Waals surface area contributed by atoms with Gasteiger partial charge >= 0.3 is 0 Å². The predicted octanol–water partition coefficient (Wildman–Crippen LogP) is 2.07. The van der Waals surface area contributed by atoms with Gasteiger partial charge in [-0.2, -0.15) is 5.10 Å². The number of aryl methyl sites for hydroxylation is 1. The number of benzene rings is 1. The van der Waals surface area contributed by atoms with E-state index < -0.39 is 0 Å². The minimum Gasteiger partial charge on any atom is -0.493 e. The molecule has 1 fully saturated rings. The van der Waals surface area contributed by atoms with Crippen molar-refractivity contribution in [2.75, 3.05) is 37.7 Å². The molecule has 0 bridgehead atoms. The molecule has 0 N–H and O–H groups in total. The number of nitrogens with zero attached hydrogens (tertiary/aromatic N) is 4. The van der Waals surface area contributed by atoms with Gasteiger partial charge in [0, 0.05) is 38.2 Å². The third-order valence-corrected chi connectivity index (χ3v) is 4.83. The molecule has 2 aromatic rings. The summed E-state index contributed by atoms with van der Waals surface area (Å²) in [6.45, 7) is 5.77. The second-order valence-electron chi connectivity index (χ2n) is 6.59. The Kier molecular flexibility index (Phi) is 4.26. The molecule has 0 saturated carbocycles. The number of anilines is 1. The number of carbonyl (C=O) groups is 1. The molecular formula is C19H22N4O2. The van der Waals surface area contributed by atoms with Gasteiger partial charge in [-0.1, -0.05) is 0 Å². The van der Waals surface area contributed by atoms with Gasteiger partial charge in [0.15, 0.2) is 5.82 Å². The quantitative estimate of drug-likeness (QED) is 0.839. The largest absolute Gasteiger partial charge is 0.493 e. The maximum atomic E-state index is 12.9. The highest BCUT2D eigenvalue weighted by atomic mass is 16.5. The summed E-state index contributed by atoms with van der Waals surface area (Å²) in [4.78, 5) is 17.0. The first-order chi connectivity index (χ1) is 12.2. The topological polar surface area (TPSA) is 58.6 Å². The fraction of sp³-hybridized carbons (Fsp3) is 0.421. The van der Waals surface area contributed by atoms with E-state index in [0.29, 0.717) is 13.2 Å². The number of hydrogen-bond acceptors (Lipinski definition) is 5. The second-order valence-corrected chi connectivity index (χ2v) is 6.59. The van der Waals surface area contributed by atoms with Gasteiger partial charge in [0.25, 0.3) is 5.91 Å². The Morgan fingerprint density at radius 2 is 2.00 bits per heavy atom. The third kappa shape index (κ3) is 3.29. The Bertz CT molecular complexity index is 775. The molecule has 6 heteroatoms. The highest BCUT2D eigenvalue weighted by Crippen LogP contribution is 2.26. The lowest BCUT2D eigenvalue weighted by Gasteiger charge is -2.22. The van der Waals surface area contributed by atoms with Gasteiger partial charge in [-0.05, 0) is 49.2 Å². The summed E-state index contributed by atoms with van der Waals surface area (Å²) >= 11 is 0. The summed E-state index contributed by atoms with van der Waals surface area (Å²) in [5.74, 6) is 1.90. The van der Waals surface area contributed by atoms with Crippen LogP contribution in [-0.2, 0) is 6.42 Å². The molecule has 1 amide bonds. The van der Waals surface area contributed by atoms with Crippen LogP contribution in [-0.4, -0.2) is 53.8 Å². The molecule has 0 aliphatic carbocycles. The smallest absolute Gasteiger partial charge is 0.253 e. The normalized spacial score (nSPS) is 17.0. The van der Waals surface area contributed by atoms with Crippen molar-refractivity contribution in [3.8, 4) is 5.75 Å². The van der Waals surface area contributed by atoms with E-state index in [1.165, 1.54) is 0 Å². The first-order valence-electron chi connectivity index (χ1n) is 8.81. The van der Waals surface area contributed by atoms with Crippen molar-refractivity contribution >= 4 is 11.7 Å². The molecule has 6 nitrogen and oxygen atoms in total. The van der Waals surface area contributed by atoms with E-state index in [2.05, 4.69) is 15.1 Å². The van der Waals surface area contributed by atoms with Crippen LogP contribution in [0.4, 0.5) is 5.82 Å². The lowest BCUT2D eigenvalue weighted by Crippen LogP contribution is -2.35. The average molecular weight is 338 g/mol. The van der Waals surface area contributed by atoms with E-state index in [1.54, 1.807) is 0 Å². The number of aromatic nitrogens is 2. The number of carbonyl (C=O) groups excluding carboxylic acids is 1. The van der Waals surface area contributed by atoms with Gasteiger partial charge in [-0.15, -0.1) is 5.10 Å². The van der Waals surface area contributed by atoms with E-state index in [9.17, 15) is 4.79 Å². The molecule has 1 aromatic carbocycles. The number of rotatable bonds is 2. The van der Waals surface area contributed by atoms with Gasteiger partial charge in [-0.25, -0.2) is 0 Å². The molecule has 25 heavy (non-hydrogen) atoms. The zero-order valence-corrected chi connectivity index (χ0v) is 14.4. The lowest BCUT2D eigenvalue weighted by atomic mass is 10.1. The summed E-state index contributed by atoms with van der Waals surface area (Å²) < 4.78 is 5.53. The van der Waals surface area contributed by atoms with Gasteiger partial charge in [0.05, 0.1) is 12.3 Å². The highest BCUT2D eigenvalue weighted by Gasteiger charge is 2.22. The van der Waals surface area contributed by atoms with Crippen LogP contribution < -0.4 is 9.64 Å². The second kappa shape index (κ2) is 6.70. The molecule has 0 spiro atoms. The van der Waals surface area contributed by atoms with Crippen molar-refractivity contribution in [1.29, 1.82) is 0 Å². The standard InChI is InChI=1S/C19H22N4O2/c1-14-3-6-18(21-20-14)22-8-2-9-23(11-10-22)19(24)16-4-5-17-15(13-16)7-12-25-17/h3-6,13H,2,7-12H2,1H3. The van der Waals surface area contributed by atoms with Gasteiger partial charge in [-0.3, -0.25) is 4.79 Å². The van der Waals surface area contributed by atoms with Crippen LogP contribution in [0.2, 0.25) is 0 Å². The third-order valence-electron chi connectivity index (χ3n) is 4.83. The zero-order chi connectivity index (χ0) is 17.2. The minimum atomic E-state index is 0.103. The Morgan fingerprint density at radius 3 is 2.84 bits per heavy atom. The van der Waals surface area contributed by atoms with E-state index in [4.69, 9.17) is 4.74 Å². The highest BCUT2D eigenvalue weighted by molar-refractivity contribution is 5.94. The molecule has 0 atom stereocenters. The SMILES string of the molecule is Cc1ccc(N2CCCN(C(=O)c3ccc4c(c3)CCO4)CC2)nn1. The summed E-state index contributed by atoms with van der Waals surface area (Å²) in [6.07, 6.45) is 1.81. The molecule has 2 aliphatic rings. The summed E-state index contributed by atoms with van der Waals surface area (Å²) in [6, 6.07) is 9.75. The van der Waals surface area contributed by atoms with Crippen LogP contribution in [0.15, 0.2) is 30.3 Å². The van der Waals surface area contributed by atoms with Gasteiger partial charge < -0.3 is 14.5 Å². The van der Waals surface area contributed by atoms with E-state index in [1.807, 2.05) is 42.2 Å². The van der Waals surface area contributed by atoms with Crippen LogP contribution in [0, 0.1) is 6.92 Å². The van der Waals surface area contributed by atoms with Gasteiger partial charge in [0.1, 0.15) is 5.75 Å². The van der Waals surface area contributed by atoms with Crippen LogP contribution >= 0.6 is 0 Å². The molecule has 0 unspecified atom stereocenters. The predicted molar refractivity (Wildman–Crippen MR) is 95.1 cm³/mol. The number of fused-ring (bicyclic) bond motifs is 1. The Labute approximate surface area is 147 Å². The summed E-state index contributed by atoms with van der Waals surface area (Å²) in [7, 11) is 0. The van der Waals surface area contributed by atoms with Crippen molar-refractivity contribution in [2.24, 2.45) is 0 Å². The number of hydrogen-bond donors (Lipinski definition) is 0. The lowest BCUT2D eigenvalue weighted by molar-refractivity contribution is 0.0767. The zero-order valence-electron chi connectivity index (χ0n) is 14.4. The van der Waals surface area contributed by atoms with Crippen molar-refractivity contribution in [2.45, 2.75) is 19.8 Å². The maximum Gasteiger partial charge on any atom is 0.253 e. The first kappa shape index (κ1) is 15.9. The summed E-state index contributed by atoms with van der Waals surface area (Å²) in [5.41, 5.74) is 2.81. The van der Waals surface area contributed by atoms with Crippen molar-refractivity contribution < 1.29 is 9.53 Å². The Morgan fingerprint density at radius 1 is 1.08 bits per heavy atom. The molecule has 130 valence electrons. The fourth-order valence-electron chi connectivity index (χ4n) is 3.41. The average Bonchev–Trinajstić information content (AvgIpc) is 2.97. The minimum absolute atomic E-state index is 0.103. The van der Waals surface area contributed by atoms with Crippen LogP contribution in [0.3, 0.4) is 0 Å². The summed E-state index contributed by atoms with van der Waals surface area (Å²) in [5, 5.41) is 8.41.